The van der Waals surface area contributed by atoms with Gasteiger partial charge in [-0.25, -0.2) is 9.97 Å². The number of carbonyl (C=O) groups is 1. The Hall–Kier alpha value is -2.23. The zero-order valence-electron chi connectivity index (χ0n) is 20.3. The first-order chi connectivity index (χ1) is 15.7. The van der Waals surface area contributed by atoms with Crippen LogP contribution < -0.4 is 4.74 Å². The number of aromatic nitrogens is 2. The number of hydrogen-bond acceptors (Lipinski definition) is 4. The van der Waals surface area contributed by atoms with Gasteiger partial charge in [-0.05, 0) is 24.8 Å². The zero-order valence-corrected chi connectivity index (χ0v) is 20.3. The normalized spacial score (nSPS) is 10.9. The minimum atomic E-state index is -0.210. The fourth-order valence-corrected chi connectivity index (χ4v) is 3.86. The second kappa shape index (κ2) is 16.4. The summed E-state index contributed by atoms with van der Waals surface area (Å²) in [5, 5.41) is 0. The average Bonchev–Trinajstić information content (AvgIpc) is 2.82. The minimum Gasteiger partial charge on any atom is -0.423 e. The molecule has 0 spiro atoms. The van der Waals surface area contributed by atoms with E-state index in [0.29, 0.717) is 18.0 Å². The van der Waals surface area contributed by atoms with Crippen LogP contribution in [0.25, 0.3) is 11.4 Å². The molecule has 0 unspecified atom stereocenters. The molecule has 0 N–H and O–H groups in total. The van der Waals surface area contributed by atoms with Crippen LogP contribution in [-0.2, 0) is 11.2 Å². The zero-order chi connectivity index (χ0) is 22.9. The molecule has 0 aliphatic heterocycles. The van der Waals surface area contributed by atoms with E-state index < -0.39 is 0 Å². The number of esters is 1. The molecule has 0 atom stereocenters. The number of aryl methyl sites for hydroxylation is 1. The summed E-state index contributed by atoms with van der Waals surface area (Å²) in [6.07, 6.45) is 21.2. The topological polar surface area (TPSA) is 52.1 Å². The fourth-order valence-electron chi connectivity index (χ4n) is 3.86. The fraction of sp³-hybridized carbons (Fsp3) is 0.607. The molecule has 0 bridgehead atoms. The highest BCUT2D eigenvalue weighted by molar-refractivity contribution is 5.72. The predicted octanol–water partition coefficient (Wildman–Crippen LogP) is 8.09. The Bertz CT molecular complexity index is 741. The summed E-state index contributed by atoms with van der Waals surface area (Å²) in [6.45, 7) is 4.42. The number of nitrogens with zero attached hydrogens (tertiary/aromatic N) is 2. The van der Waals surface area contributed by atoms with Gasteiger partial charge in [0.15, 0.2) is 11.6 Å². The number of benzene rings is 1. The van der Waals surface area contributed by atoms with Crippen molar-refractivity contribution in [2.45, 2.75) is 110 Å². The summed E-state index contributed by atoms with van der Waals surface area (Å²) in [6, 6.07) is 8.51. The quantitative estimate of drug-likeness (QED) is 0.185. The molecule has 1 aromatic carbocycles. The van der Waals surface area contributed by atoms with E-state index in [0.717, 1.165) is 37.7 Å². The van der Waals surface area contributed by atoms with Crippen molar-refractivity contribution in [3.8, 4) is 17.1 Å². The number of hydrogen-bond donors (Lipinski definition) is 0. The van der Waals surface area contributed by atoms with Gasteiger partial charge in [0.2, 0.25) is 0 Å². The molecule has 0 saturated carbocycles. The molecule has 0 aliphatic carbocycles. The Morgan fingerprint density at radius 3 is 1.84 bits per heavy atom. The lowest BCUT2D eigenvalue weighted by Crippen LogP contribution is -2.08. The maximum Gasteiger partial charge on any atom is 0.311 e. The van der Waals surface area contributed by atoms with Crippen LogP contribution in [0.1, 0.15) is 109 Å². The second-order valence-corrected chi connectivity index (χ2v) is 8.80. The highest BCUT2D eigenvalue weighted by Crippen LogP contribution is 2.19. The molecule has 1 heterocycles. The van der Waals surface area contributed by atoms with Gasteiger partial charge in [0.25, 0.3) is 0 Å². The van der Waals surface area contributed by atoms with E-state index in [4.69, 9.17) is 4.74 Å². The summed E-state index contributed by atoms with van der Waals surface area (Å²) in [5.74, 6) is 0.858. The van der Waals surface area contributed by atoms with E-state index in [2.05, 4.69) is 48.1 Å². The Balaban J connectivity index is 1.67. The summed E-state index contributed by atoms with van der Waals surface area (Å²) < 4.78 is 5.34. The van der Waals surface area contributed by atoms with Crippen LogP contribution in [0.3, 0.4) is 0 Å². The molecule has 4 heteroatoms. The van der Waals surface area contributed by atoms with Gasteiger partial charge < -0.3 is 4.74 Å². The van der Waals surface area contributed by atoms with Crippen LogP contribution in [0.2, 0.25) is 0 Å². The number of unbranched alkanes of at least 4 members (excludes halogenated alkanes) is 11. The van der Waals surface area contributed by atoms with Crippen LogP contribution in [0.5, 0.6) is 5.75 Å². The van der Waals surface area contributed by atoms with E-state index in [9.17, 15) is 4.79 Å². The molecule has 0 aliphatic rings. The van der Waals surface area contributed by atoms with Crippen molar-refractivity contribution >= 4 is 5.97 Å². The molecule has 0 radical (unpaired) electrons. The largest absolute Gasteiger partial charge is 0.423 e. The Morgan fingerprint density at radius 2 is 1.25 bits per heavy atom. The van der Waals surface area contributed by atoms with Crippen molar-refractivity contribution < 1.29 is 9.53 Å². The maximum atomic E-state index is 11.9. The van der Waals surface area contributed by atoms with Crippen LogP contribution in [0.15, 0.2) is 36.7 Å². The third-order valence-electron chi connectivity index (χ3n) is 5.88. The van der Waals surface area contributed by atoms with Crippen LogP contribution in [-0.4, -0.2) is 15.9 Å². The lowest BCUT2D eigenvalue weighted by Gasteiger charge is -2.06. The summed E-state index contributed by atoms with van der Waals surface area (Å²) in [5.41, 5.74) is 2.35. The molecule has 2 rings (SSSR count). The lowest BCUT2D eigenvalue weighted by molar-refractivity contribution is -0.134. The number of carbonyl (C=O) groups excluding carboxylic acids is 1. The van der Waals surface area contributed by atoms with E-state index in [1.165, 1.54) is 63.4 Å². The molecule has 32 heavy (non-hydrogen) atoms. The molecule has 0 saturated heterocycles. The van der Waals surface area contributed by atoms with Gasteiger partial charge in [0, 0.05) is 12.0 Å². The molecule has 1 aromatic heterocycles. The van der Waals surface area contributed by atoms with Crippen molar-refractivity contribution in [2.24, 2.45) is 0 Å². The van der Waals surface area contributed by atoms with E-state index >= 15 is 0 Å². The average molecular weight is 439 g/mol. The van der Waals surface area contributed by atoms with Crippen molar-refractivity contribution in [1.82, 2.24) is 9.97 Å². The Morgan fingerprint density at radius 1 is 0.719 bits per heavy atom. The Labute approximate surface area is 195 Å². The molecular weight excluding hydrogens is 396 g/mol. The smallest absolute Gasteiger partial charge is 0.311 e. The van der Waals surface area contributed by atoms with E-state index in [-0.39, 0.29) is 5.97 Å². The van der Waals surface area contributed by atoms with E-state index in [1.807, 2.05) is 0 Å². The van der Waals surface area contributed by atoms with Crippen molar-refractivity contribution in [2.75, 3.05) is 0 Å². The predicted molar refractivity (Wildman–Crippen MR) is 133 cm³/mol. The molecule has 0 amide bonds. The first-order valence-corrected chi connectivity index (χ1v) is 12.8. The molecule has 4 nitrogen and oxygen atoms in total. The van der Waals surface area contributed by atoms with Crippen molar-refractivity contribution in [3.63, 3.8) is 0 Å². The van der Waals surface area contributed by atoms with Crippen LogP contribution in [0, 0.1) is 0 Å². The molecule has 176 valence electrons. The number of ether oxygens (including phenoxy) is 1. The first kappa shape index (κ1) is 26.0. The van der Waals surface area contributed by atoms with Crippen LogP contribution >= 0.6 is 0 Å². The van der Waals surface area contributed by atoms with Crippen molar-refractivity contribution in [1.29, 1.82) is 0 Å². The van der Waals surface area contributed by atoms with Crippen molar-refractivity contribution in [3.05, 3.63) is 42.2 Å². The highest BCUT2D eigenvalue weighted by Gasteiger charge is 2.07. The van der Waals surface area contributed by atoms with Gasteiger partial charge in [-0.2, -0.15) is 0 Å². The van der Waals surface area contributed by atoms with Gasteiger partial charge in [-0.1, -0.05) is 109 Å². The SMILES string of the molecule is CCCCCCCCCCCc1ccc(-c2ncc(OC(=O)CCCCCC)cn2)cc1. The molecule has 2 aromatic rings. The Kier molecular flexibility index (Phi) is 13.3. The standard InChI is InChI=1S/C28H42N2O2/c1-3-5-7-9-10-11-12-13-14-16-24-18-20-25(21-19-24)28-29-22-26(23-30-28)32-27(31)17-15-8-6-4-2/h18-23H,3-17H2,1-2H3. The van der Waals surface area contributed by atoms with Gasteiger partial charge in [-0.3, -0.25) is 4.79 Å². The van der Waals surface area contributed by atoms with Gasteiger partial charge in [0.05, 0.1) is 12.4 Å². The lowest BCUT2D eigenvalue weighted by atomic mass is 10.0. The molecule has 0 fully saturated rings. The third kappa shape index (κ3) is 10.9. The summed E-state index contributed by atoms with van der Waals surface area (Å²) in [4.78, 5) is 20.6. The minimum absolute atomic E-state index is 0.210. The maximum absolute atomic E-state index is 11.9. The highest BCUT2D eigenvalue weighted by atomic mass is 16.5. The van der Waals surface area contributed by atoms with Crippen LogP contribution in [0.4, 0.5) is 0 Å². The third-order valence-corrected chi connectivity index (χ3v) is 5.88. The van der Waals surface area contributed by atoms with E-state index in [1.54, 1.807) is 12.4 Å². The summed E-state index contributed by atoms with van der Waals surface area (Å²) >= 11 is 0. The van der Waals surface area contributed by atoms with Gasteiger partial charge in [0.1, 0.15) is 0 Å². The first-order valence-electron chi connectivity index (χ1n) is 12.8. The van der Waals surface area contributed by atoms with Gasteiger partial charge >= 0.3 is 5.97 Å². The summed E-state index contributed by atoms with van der Waals surface area (Å²) in [7, 11) is 0. The van der Waals surface area contributed by atoms with Gasteiger partial charge in [-0.15, -0.1) is 0 Å². The molecular formula is C28H42N2O2. The number of rotatable bonds is 17. The monoisotopic (exact) mass is 438 g/mol. The second-order valence-electron chi connectivity index (χ2n) is 8.80.